The largest absolute Gasteiger partial charge is 0.350 e. The first kappa shape index (κ1) is 13.0. The first-order valence-electron chi connectivity index (χ1n) is 6.43. The average molecular weight is 250 g/mol. The maximum absolute atomic E-state index is 12.8. The van der Waals surface area contributed by atoms with Crippen molar-refractivity contribution in [2.24, 2.45) is 0 Å². The van der Waals surface area contributed by atoms with Crippen molar-refractivity contribution >= 4 is 5.91 Å². The van der Waals surface area contributed by atoms with E-state index >= 15 is 0 Å². The number of carbonyl (C=O) groups is 1. The summed E-state index contributed by atoms with van der Waals surface area (Å²) in [6.07, 6.45) is 2.73. The molecule has 0 radical (unpaired) electrons. The highest BCUT2D eigenvalue weighted by Crippen LogP contribution is 2.14. The molecule has 98 valence electrons. The standard InChI is InChI=1S/C14H19FN2O/c1-10(11-4-6-12(15)7-5-11)17-14(18)9-13-3-2-8-16-13/h4-7,10,13,16H,2-3,8-9H2,1H3,(H,17,18)/t10-,13?/m0/s1. The van der Waals surface area contributed by atoms with Crippen LogP contribution in [0.3, 0.4) is 0 Å². The Morgan fingerprint density at radius 1 is 1.50 bits per heavy atom. The van der Waals surface area contributed by atoms with Gasteiger partial charge in [-0.1, -0.05) is 12.1 Å². The first-order valence-corrected chi connectivity index (χ1v) is 6.43. The van der Waals surface area contributed by atoms with Crippen LogP contribution in [0.1, 0.15) is 37.8 Å². The van der Waals surface area contributed by atoms with Gasteiger partial charge in [-0.25, -0.2) is 4.39 Å². The normalized spacial score (nSPS) is 20.7. The Bertz CT molecular complexity index is 399. The Labute approximate surface area is 107 Å². The number of amides is 1. The fraction of sp³-hybridized carbons (Fsp3) is 0.500. The van der Waals surface area contributed by atoms with Gasteiger partial charge < -0.3 is 10.6 Å². The Kier molecular flexibility index (Phi) is 4.31. The zero-order valence-corrected chi connectivity index (χ0v) is 10.6. The molecule has 0 bridgehead atoms. The molecule has 1 saturated heterocycles. The van der Waals surface area contributed by atoms with Crippen molar-refractivity contribution in [2.45, 2.75) is 38.3 Å². The minimum atomic E-state index is -0.257. The van der Waals surface area contributed by atoms with E-state index in [1.54, 1.807) is 12.1 Å². The summed E-state index contributed by atoms with van der Waals surface area (Å²) in [4.78, 5) is 11.8. The molecule has 1 aromatic rings. The molecule has 1 aromatic carbocycles. The molecule has 18 heavy (non-hydrogen) atoms. The van der Waals surface area contributed by atoms with Crippen LogP contribution in [0.25, 0.3) is 0 Å². The monoisotopic (exact) mass is 250 g/mol. The molecular formula is C14H19FN2O. The number of carbonyl (C=O) groups excluding carboxylic acids is 1. The van der Waals surface area contributed by atoms with Crippen LogP contribution in [0.5, 0.6) is 0 Å². The van der Waals surface area contributed by atoms with Gasteiger partial charge in [0, 0.05) is 12.5 Å². The van der Waals surface area contributed by atoms with Gasteiger partial charge in [0.1, 0.15) is 5.82 Å². The number of nitrogens with one attached hydrogen (secondary N) is 2. The molecule has 1 unspecified atom stereocenters. The molecule has 2 N–H and O–H groups in total. The van der Waals surface area contributed by atoms with E-state index in [0.29, 0.717) is 12.5 Å². The van der Waals surface area contributed by atoms with Crippen LogP contribution in [-0.4, -0.2) is 18.5 Å². The van der Waals surface area contributed by atoms with Crippen molar-refractivity contribution in [1.82, 2.24) is 10.6 Å². The number of benzene rings is 1. The molecule has 2 atom stereocenters. The highest BCUT2D eigenvalue weighted by molar-refractivity contribution is 5.77. The Morgan fingerprint density at radius 3 is 2.83 bits per heavy atom. The summed E-state index contributed by atoms with van der Waals surface area (Å²) in [5.41, 5.74) is 0.920. The minimum Gasteiger partial charge on any atom is -0.350 e. The Balaban J connectivity index is 1.84. The van der Waals surface area contributed by atoms with Gasteiger partial charge in [-0.05, 0) is 44.0 Å². The maximum atomic E-state index is 12.8. The second-order valence-electron chi connectivity index (χ2n) is 4.84. The molecule has 3 nitrogen and oxygen atoms in total. The highest BCUT2D eigenvalue weighted by Gasteiger charge is 2.18. The zero-order valence-electron chi connectivity index (χ0n) is 10.6. The third-order valence-electron chi connectivity index (χ3n) is 3.34. The second-order valence-corrected chi connectivity index (χ2v) is 4.84. The number of hydrogen-bond donors (Lipinski definition) is 2. The Morgan fingerprint density at radius 2 is 2.22 bits per heavy atom. The lowest BCUT2D eigenvalue weighted by atomic mass is 10.1. The lowest BCUT2D eigenvalue weighted by molar-refractivity contribution is -0.122. The minimum absolute atomic E-state index is 0.0474. The van der Waals surface area contributed by atoms with Gasteiger partial charge >= 0.3 is 0 Å². The van der Waals surface area contributed by atoms with E-state index in [4.69, 9.17) is 0 Å². The van der Waals surface area contributed by atoms with Crippen molar-refractivity contribution in [3.63, 3.8) is 0 Å². The molecule has 2 rings (SSSR count). The summed E-state index contributed by atoms with van der Waals surface area (Å²) in [6, 6.07) is 6.46. The number of hydrogen-bond acceptors (Lipinski definition) is 2. The van der Waals surface area contributed by atoms with Crippen LogP contribution in [-0.2, 0) is 4.79 Å². The van der Waals surface area contributed by atoms with Gasteiger partial charge in [0.15, 0.2) is 0 Å². The van der Waals surface area contributed by atoms with Crippen LogP contribution < -0.4 is 10.6 Å². The van der Waals surface area contributed by atoms with Gasteiger partial charge in [0.05, 0.1) is 6.04 Å². The third kappa shape index (κ3) is 3.53. The van der Waals surface area contributed by atoms with Crippen molar-refractivity contribution in [2.75, 3.05) is 6.54 Å². The van der Waals surface area contributed by atoms with E-state index < -0.39 is 0 Å². The SMILES string of the molecule is C[C@H](NC(=O)CC1CCCN1)c1ccc(F)cc1. The van der Waals surface area contributed by atoms with Gasteiger partial charge in [-0.15, -0.1) is 0 Å². The zero-order chi connectivity index (χ0) is 13.0. The van der Waals surface area contributed by atoms with Crippen molar-refractivity contribution in [1.29, 1.82) is 0 Å². The van der Waals surface area contributed by atoms with Gasteiger partial charge in [0.25, 0.3) is 0 Å². The quantitative estimate of drug-likeness (QED) is 0.859. The third-order valence-corrected chi connectivity index (χ3v) is 3.34. The molecule has 4 heteroatoms. The van der Waals surface area contributed by atoms with Gasteiger partial charge in [0.2, 0.25) is 5.91 Å². The fourth-order valence-electron chi connectivity index (χ4n) is 2.29. The molecule has 1 heterocycles. The summed E-state index contributed by atoms with van der Waals surface area (Å²) in [5, 5.41) is 6.24. The molecule has 0 aromatic heterocycles. The van der Waals surface area contributed by atoms with Crippen molar-refractivity contribution < 1.29 is 9.18 Å². The first-order chi connectivity index (χ1) is 8.65. The molecule has 1 aliphatic rings. The van der Waals surface area contributed by atoms with Crippen LogP contribution in [0.2, 0.25) is 0 Å². The average Bonchev–Trinajstić information content (AvgIpc) is 2.82. The van der Waals surface area contributed by atoms with Gasteiger partial charge in [-0.3, -0.25) is 4.79 Å². The van der Waals surface area contributed by atoms with E-state index in [1.165, 1.54) is 12.1 Å². The number of halogens is 1. The molecule has 0 saturated carbocycles. The van der Waals surface area contributed by atoms with Crippen molar-refractivity contribution in [3.05, 3.63) is 35.6 Å². The van der Waals surface area contributed by atoms with Crippen molar-refractivity contribution in [3.8, 4) is 0 Å². The summed E-state index contributed by atoms with van der Waals surface area (Å²) in [6.45, 7) is 2.92. The summed E-state index contributed by atoms with van der Waals surface area (Å²) >= 11 is 0. The fourth-order valence-corrected chi connectivity index (χ4v) is 2.29. The van der Waals surface area contributed by atoms with Crippen LogP contribution in [0.4, 0.5) is 4.39 Å². The predicted molar refractivity (Wildman–Crippen MR) is 68.6 cm³/mol. The van der Waals surface area contributed by atoms with Crippen LogP contribution >= 0.6 is 0 Å². The van der Waals surface area contributed by atoms with E-state index in [1.807, 2.05) is 6.92 Å². The van der Waals surface area contributed by atoms with E-state index in [9.17, 15) is 9.18 Å². The lowest BCUT2D eigenvalue weighted by Crippen LogP contribution is -2.33. The van der Waals surface area contributed by atoms with Crippen LogP contribution in [0, 0.1) is 5.82 Å². The molecular weight excluding hydrogens is 231 g/mol. The maximum Gasteiger partial charge on any atom is 0.222 e. The van der Waals surface area contributed by atoms with E-state index in [0.717, 1.165) is 24.9 Å². The highest BCUT2D eigenvalue weighted by atomic mass is 19.1. The molecule has 1 fully saturated rings. The van der Waals surface area contributed by atoms with E-state index in [2.05, 4.69) is 10.6 Å². The predicted octanol–water partition coefficient (Wildman–Crippen LogP) is 2.14. The Hall–Kier alpha value is -1.42. The smallest absolute Gasteiger partial charge is 0.222 e. The summed E-state index contributed by atoms with van der Waals surface area (Å²) in [7, 11) is 0. The second kappa shape index (κ2) is 5.96. The molecule has 0 spiro atoms. The topological polar surface area (TPSA) is 41.1 Å². The van der Waals surface area contributed by atoms with E-state index in [-0.39, 0.29) is 17.8 Å². The number of rotatable bonds is 4. The molecule has 1 amide bonds. The molecule has 0 aliphatic carbocycles. The van der Waals surface area contributed by atoms with Crippen LogP contribution in [0.15, 0.2) is 24.3 Å². The summed E-state index contributed by atoms with van der Waals surface area (Å²) in [5.74, 6) is -0.210. The molecule has 1 aliphatic heterocycles. The summed E-state index contributed by atoms with van der Waals surface area (Å²) < 4.78 is 12.8. The lowest BCUT2D eigenvalue weighted by Gasteiger charge is -2.16. The van der Waals surface area contributed by atoms with Gasteiger partial charge in [-0.2, -0.15) is 0 Å².